The normalized spacial score (nSPS) is 33.1. The van der Waals surface area contributed by atoms with E-state index in [0.29, 0.717) is 0 Å². The summed E-state index contributed by atoms with van der Waals surface area (Å²) in [5.41, 5.74) is 3.32. The Morgan fingerprint density at radius 3 is 2.39 bits per heavy atom. The molecular weight excluding hydrogens is 494 g/mol. The molecule has 0 saturated carbocycles. The number of carbonyl (C=O) groups is 1. The predicted octanol–water partition coefficient (Wildman–Crippen LogP) is -1.50. The van der Waals surface area contributed by atoms with Gasteiger partial charge < -0.3 is 45.4 Å². The number of alkyl halides is 1. The highest BCUT2D eigenvalue weighted by atomic mass is 31.3. The number of phosphoric ester groups is 1. The summed E-state index contributed by atoms with van der Waals surface area (Å²) in [4.78, 5) is 48.0. The molecule has 6 atom stereocenters. The Kier molecular flexibility index (Phi) is 7.68. The Balaban J connectivity index is 2.15. The number of nitrogens with zero attached hydrogens (tertiary/aromatic N) is 1. The second-order valence-electron chi connectivity index (χ2n) is 6.19. The van der Waals surface area contributed by atoms with Crippen LogP contribution in [0.3, 0.4) is 0 Å². The number of hydrogen-bond acceptors (Lipinski definition) is 11. The molecule has 2 aliphatic rings. The Morgan fingerprint density at radius 1 is 1.26 bits per heavy atom. The van der Waals surface area contributed by atoms with Crippen LogP contribution in [0, 0.1) is 0 Å². The van der Waals surface area contributed by atoms with Crippen LogP contribution in [0.15, 0.2) is 24.7 Å². The highest BCUT2D eigenvalue weighted by Gasteiger charge is 2.58. The minimum absolute atomic E-state index is 0.118. The maximum absolute atomic E-state index is 14.7. The molecule has 0 aromatic rings. The maximum Gasteiger partial charge on any atom is 0.490 e. The number of rotatable bonds is 9. The highest BCUT2D eigenvalue weighted by Crippen LogP contribution is 2.66. The van der Waals surface area contributed by atoms with Gasteiger partial charge in [0.1, 0.15) is 17.5 Å². The van der Waals surface area contributed by atoms with E-state index in [0.717, 1.165) is 17.2 Å². The van der Waals surface area contributed by atoms with E-state index in [4.69, 9.17) is 25.2 Å². The molecule has 1 amide bonds. The number of halogens is 1. The molecule has 0 spiro atoms. The zero-order chi connectivity index (χ0) is 23.8. The molecule has 2 rings (SSSR count). The lowest BCUT2D eigenvalue weighted by Crippen LogP contribution is -2.51. The summed E-state index contributed by atoms with van der Waals surface area (Å²) in [6.45, 7) is 1.61. The van der Waals surface area contributed by atoms with Crippen LogP contribution in [0.1, 0.15) is 0 Å². The van der Waals surface area contributed by atoms with Crippen LogP contribution < -0.4 is 11.1 Å². The Hall–Kier alpha value is -1.03. The molecule has 178 valence electrons. The van der Waals surface area contributed by atoms with Crippen molar-refractivity contribution in [3.05, 3.63) is 24.7 Å². The van der Waals surface area contributed by atoms with Crippen molar-refractivity contribution in [3.63, 3.8) is 0 Å². The lowest BCUT2D eigenvalue weighted by atomic mass is 9.97. The zero-order valence-electron chi connectivity index (χ0n) is 15.3. The fourth-order valence-electron chi connectivity index (χ4n) is 2.60. The summed E-state index contributed by atoms with van der Waals surface area (Å²) < 4.78 is 65.5. The number of nitrogens with two attached hydrogens (primary N) is 1. The van der Waals surface area contributed by atoms with Gasteiger partial charge in [-0.25, -0.2) is 18.1 Å². The van der Waals surface area contributed by atoms with Crippen LogP contribution in [-0.2, 0) is 36.4 Å². The van der Waals surface area contributed by atoms with Gasteiger partial charge in [0.2, 0.25) is 0 Å². The van der Waals surface area contributed by atoms with E-state index in [1.165, 1.54) is 0 Å². The van der Waals surface area contributed by atoms with Gasteiger partial charge in [0.05, 0.1) is 6.61 Å². The maximum atomic E-state index is 14.7. The summed E-state index contributed by atoms with van der Waals surface area (Å²) >= 11 is 0. The van der Waals surface area contributed by atoms with Gasteiger partial charge in [-0.3, -0.25) is 9.32 Å². The number of ether oxygens (including phenoxy) is 1. The fourth-order valence-corrected chi connectivity index (χ4v) is 5.67. The second kappa shape index (κ2) is 9.08. The van der Waals surface area contributed by atoms with Crippen molar-refractivity contribution in [2.45, 2.75) is 24.1 Å². The van der Waals surface area contributed by atoms with Crippen LogP contribution in [-0.4, -0.2) is 72.7 Å². The van der Waals surface area contributed by atoms with E-state index in [-0.39, 0.29) is 5.82 Å². The summed E-state index contributed by atoms with van der Waals surface area (Å²) in [6, 6.07) is 0. The van der Waals surface area contributed by atoms with E-state index < -0.39 is 66.6 Å². The van der Waals surface area contributed by atoms with Crippen molar-refractivity contribution in [2.75, 3.05) is 13.2 Å². The molecule has 0 aliphatic carbocycles. The number of carbonyl (C=O) groups excluding carboxylic acids is 1. The molecular formula is C11H19FN3O13P3. The molecule has 20 heteroatoms. The lowest BCUT2D eigenvalue weighted by Gasteiger charge is -2.34. The van der Waals surface area contributed by atoms with Gasteiger partial charge in [-0.2, -0.15) is 8.62 Å². The predicted molar refractivity (Wildman–Crippen MR) is 95.6 cm³/mol. The SMILES string of the molecule is C=C1NC(=O)C=CN1[C@@H]1O[C@](CN)(COP(=O)(O)OP(=O)(O)OP(=O)(O)O)[C@@H](O)[C@H]1F. The summed E-state index contributed by atoms with van der Waals surface area (Å²) in [5.74, 6) is -0.680. The van der Waals surface area contributed by atoms with E-state index in [9.17, 15) is 32.9 Å². The van der Waals surface area contributed by atoms with E-state index in [1.54, 1.807) is 0 Å². The van der Waals surface area contributed by atoms with Crippen molar-refractivity contribution in [2.24, 2.45) is 5.73 Å². The summed E-state index contributed by atoms with van der Waals surface area (Å²) in [5, 5.41) is 12.5. The lowest BCUT2D eigenvalue weighted by molar-refractivity contribution is -0.130. The molecule has 2 heterocycles. The standard InChI is InChI=1S/C11H19FN3O13P3/c1-6-14-7(16)2-3-15(6)10-8(12)9(17)11(4-13,26-10)5-25-30(21,22)28-31(23,24)27-29(18,19)20/h2-3,8-10,17H,1,4-5,13H2,(H,14,16)(H,21,22)(H,23,24)(H2,18,19,20)/t8-,9+,10-,11-/m1/s1. The van der Waals surface area contributed by atoms with Crippen LogP contribution in [0.4, 0.5) is 4.39 Å². The first-order chi connectivity index (χ1) is 14.0. The number of aliphatic hydroxyl groups is 1. The molecule has 0 bridgehead atoms. The fraction of sp³-hybridized carbons (Fsp3) is 0.545. The first-order valence-corrected chi connectivity index (χ1v) is 12.5. The van der Waals surface area contributed by atoms with Crippen molar-refractivity contribution < 1.29 is 65.4 Å². The molecule has 31 heavy (non-hydrogen) atoms. The van der Waals surface area contributed by atoms with Gasteiger partial charge >= 0.3 is 23.5 Å². The van der Waals surface area contributed by atoms with E-state index >= 15 is 0 Å². The van der Waals surface area contributed by atoms with Gasteiger partial charge in [0.25, 0.3) is 5.91 Å². The quantitative estimate of drug-likeness (QED) is 0.173. The number of hydrogen-bond donors (Lipinski definition) is 7. The van der Waals surface area contributed by atoms with Crippen LogP contribution in [0.25, 0.3) is 0 Å². The average Bonchev–Trinajstić information content (AvgIpc) is 2.82. The number of nitrogens with one attached hydrogen (secondary N) is 1. The first-order valence-electron chi connectivity index (χ1n) is 7.96. The van der Waals surface area contributed by atoms with Gasteiger partial charge in [0.15, 0.2) is 12.4 Å². The zero-order valence-corrected chi connectivity index (χ0v) is 17.9. The largest absolute Gasteiger partial charge is 0.490 e. The van der Waals surface area contributed by atoms with Crippen molar-refractivity contribution in [1.82, 2.24) is 10.2 Å². The van der Waals surface area contributed by atoms with Gasteiger partial charge in [-0.15, -0.1) is 0 Å². The smallest absolute Gasteiger partial charge is 0.387 e. The number of phosphoric acid groups is 3. The minimum atomic E-state index is -5.78. The number of amides is 1. The minimum Gasteiger partial charge on any atom is -0.387 e. The molecule has 2 unspecified atom stereocenters. The van der Waals surface area contributed by atoms with Gasteiger partial charge in [-0.1, -0.05) is 6.58 Å². The molecule has 0 radical (unpaired) electrons. The van der Waals surface area contributed by atoms with Crippen LogP contribution in [0.2, 0.25) is 0 Å². The molecule has 16 nitrogen and oxygen atoms in total. The van der Waals surface area contributed by atoms with Crippen LogP contribution in [0.5, 0.6) is 0 Å². The van der Waals surface area contributed by atoms with E-state index in [1.807, 2.05) is 0 Å². The van der Waals surface area contributed by atoms with Gasteiger partial charge in [-0.05, 0) is 0 Å². The molecule has 0 aromatic carbocycles. The van der Waals surface area contributed by atoms with Crippen molar-refractivity contribution in [1.29, 1.82) is 0 Å². The van der Waals surface area contributed by atoms with E-state index in [2.05, 4.69) is 25.0 Å². The molecule has 0 aromatic heterocycles. The summed E-state index contributed by atoms with van der Waals surface area (Å²) in [6.07, 6.45) is -3.78. The Bertz CT molecular complexity index is 910. The van der Waals surface area contributed by atoms with Crippen LogP contribution >= 0.6 is 23.5 Å². The average molecular weight is 513 g/mol. The Morgan fingerprint density at radius 2 is 1.87 bits per heavy atom. The number of aliphatic hydroxyl groups excluding tert-OH is 1. The van der Waals surface area contributed by atoms with Gasteiger partial charge in [0, 0.05) is 18.8 Å². The topological polar surface area (TPSA) is 248 Å². The monoisotopic (exact) mass is 513 g/mol. The molecule has 1 saturated heterocycles. The van der Waals surface area contributed by atoms with Crippen molar-refractivity contribution >= 4 is 29.4 Å². The molecule has 1 fully saturated rings. The third kappa shape index (κ3) is 6.49. The Labute approximate surface area is 173 Å². The molecule has 2 aliphatic heterocycles. The molecule has 8 N–H and O–H groups in total. The third-order valence-electron chi connectivity index (χ3n) is 3.94. The highest BCUT2D eigenvalue weighted by molar-refractivity contribution is 7.66. The summed E-state index contributed by atoms with van der Waals surface area (Å²) in [7, 11) is -17.0. The first kappa shape index (κ1) is 26.2. The third-order valence-corrected chi connectivity index (χ3v) is 7.72. The second-order valence-corrected chi connectivity index (χ2v) is 10.6. The van der Waals surface area contributed by atoms with Crippen molar-refractivity contribution in [3.8, 4) is 0 Å².